The number of ether oxygens (including phenoxy) is 1. The smallest absolute Gasteiger partial charge is 0.343 e. The van der Waals surface area contributed by atoms with Gasteiger partial charge in [-0.15, -0.1) is 0 Å². The van der Waals surface area contributed by atoms with Gasteiger partial charge in [0.15, 0.2) is 0 Å². The third-order valence-electron chi connectivity index (χ3n) is 2.70. The Morgan fingerprint density at radius 2 is 1.79 bits per heavy atom. The molecule has 1 saturated heterocycles. The van der Waals surface area contributed by atoms with Crippen LogP contribution in [0, 0.1) is 0 Å². The first-order chi connectivity index (χ1) is 6.51. The van der Waals surface area contributed by atoms with Crippen molar-refractivity contribution < 1.29 is 14.6 Å². The van der Waals surface area contributed by atoms with Crippen LogP contribution in [-0.2, 0) is 15.1 Å². The van der Waals surface area contributed by atoms with Crippen molar-refractivity contribution in [3.05, 3.63) is 35.9 Å². The molecule has 0 aromatic heterocycles. The second-order valence-electron chi connectivity index (χ2n) is 3.96. The summed E-state index contributed by atoms with van der Waals surface area (Å²) in [5.41, 5.74) is -1.05. The van der Waals surface area contributed by atoms with Gasteiger partial charge < -0.3 is 9.84 Å². The molecular weight excluding hydrogens is 180 g/mol. The summed E-state index contributed by atoms with van der Waals surface area (Å²) >= 11 is 0. The molecule has 0 unspecified atom stereocenters. The Balaban J connectivity index is 2.47. The van der Waals surface area contributed by atoms with Crippen molar-refractivity contribution in [1.29, 1.82) is 0 Å². The minimum absolute atomic E-state index is 0.611. The van der Waals surface area contributed by atoms with Gasteiger partial charge in [-0.25, -0.2) is 4.79 Å². The Hall–Kier alpha value is -1.35. The zero-order valence-corrected chi connectivity index (χ0v) is 8.15. The molecule has 14 heavy (non-hydrogen) atoms. The second-order valence-corrected chi connectivity index (χ2v) is 3.96. The molecule has 3 heteroatoms. The van der Waals surface area contributed by atoms with Crippen LogP contribution in [0.3, 0.4) is 0 Å². The van der Waals surface area contributed by atoms with E-state index in [1.54, 1.807) is 26.0 Å². The van der Waals surface area contributed by atoms with Gasteiger partial charge in [0.25, 0.3) is 0 Å². The van der Waals surface area contributed by atoms with E-state index in [-0.39, 0.29) is 0 Å². The highest BCUT2D eigenvalue weighted by Crippen LogP contribution is 2.55. The third-order valence-corrected chi connectivity index (χ3v) is 2.70. The summed E-state index contributed by atoms with van der Waals surface area (Å²) < 4.78 is 5.34. The normalized spacial score (nSPS) is 28.4. The number of carbonyl (C=O) groups is 1. The van der Waals surface area contributed by atoms with E-state index in [2.05, 4.69) is 0 Å². The number of rotatable bonds is 2. The van der Waals surface area contributed by atoms with Crippen LogP contribution in [-0.4, -0.2) is 16.7 Å². The summed E-state index contributed by atoms with van der Waals surface area (Å²) in [6.07, 6.45) is 0. The molecule has 1 fully saturated rings. The molecule has 3 nitrogen and oxygen atoms in total. The van der Waals surface area contributed by atoms with Gasteiger partial charge in [0.1, 0.15) is 5.60 Å². The Bertz CT molecular complexity index is 369. The molecule has 1 aromatic carbocycles. The number of aliphatic carboxylic acids is 1. The van der Waals surface area contributed by atoms with Gasteiger partial charge in [-0.05, 0) is 19.4 Å². The van der Waals surface area contributed by atoms with E-state index in [4.69, 9.17) is 9.84 Å². The predicted octanol–water partition coefficient (Wildman–Crippen LogP) is 1.78. The largest absolute Gasteiger partial charge is 0.479 e. The van der Waals surface area contributed by atoms with Crippen molar-refractivity contribution in [3.63, 3.8) is 0 Å². The molecule has 1 aliphatic rings. The van der Waals surface area contributed by atoms with E-state index >= 15 is 0 Å². The molecular formula is C11H12O3. The molecule has 0 saturated carbocycles. The van der Waals surface area contributed by atoms with Crippen molar-refractivity contribution in [2.24, 2.45) is 0 Å². The van der Waals surface area contributed by atoms with Gasteiger partial charge in [-0.1, -0.05) is 30.3 Å². The predicted molar refractivity (Wildman–Crippen MR) is 50.9 cm³/mol. The lowest BCUT2D eigenvalue weighted by Crippen LogP contribution is -2.28. The fourth-order valence-electron chi connectivity index (χ4n) is 1.86. The molecule has 0 aliphatic carbocycles. The molecule has 1 heterocycles. The Labute approximate surface area is 82.3 Å². The lowest BCUT2D eigenvalue weighted by Gasteiger charge is -2.09. The molecule has 0 amide bonds. The van der Waals surface area contributed by atoms with Crippen molar-refractivity contribution in [2.75, 3.05) is 0 Å². The van der Waals surface area contributed by atoms with E-state index < -0.39 is 17.2 Å². The zero-order chi connectivity index (χ0) is 10.4. The van der Waals surface area contributed by atoms with Gasteiger partial charge in [-0.2, -0.15) is 0 Å². The molecule has 1 N–H and O–H groups in total. The Morgan fingerprint density at radius 3 is 2.14 bits per heavy atom. The number of hydrogen-bond donors (Lipinski definition) is 1. The average molecular weight is 192 g/mol. The Kier molecular flexibility index (Phi) is 1.70. The van der Waals surface area contributed by atoms with E-state index in [1.807, 2.05) is 18.2 Å². The Morgan fingerprint density at radius 1 is 1.29 bits per heavy atom. The summed E-state index contributed by atoms with van der Waals surface area (Å²) in [6.45, 7) is 3.57. The van der Waals surface area contributed by atoms with Crippen LogP contribution in [0.2, 0.25) is 0 Å². The van der Waals surface area contributed by atoms with Gasteiger partial charge in [0.2, 0.25) is 5.60 Å². The summed E-state index contributed by atoms with van der Waals surface area (Å²) in [7, 11) is 0. The summed E-state index contributed by atoms with van der Waals surface area (Å²) in [4.78, 5) is 11.2. The van der Waals surface area contributed by atoms with Crippen molar-refractivity contribution in [3.8, 4) is 0 Å². The minimum atomic E-state index is -1.14. The summed E-state index contributed by atoms with van der Waals surface area (Å²) in [5.74, 6) is -0.922. The first kappa shape index (κ1) is 9.21. The fraction of sp³-hybridized carbons (Fsp3) is 0.364. The maximum atomic E-state index is 11.2. The molecule has 74 valence electrons. The molecule has 2 rings (SSSR count). The maximum absolute atomic E-state index is 11.2. The third kappa shape index (κ3) is 0.990. The number of carboxylic acid groups (broad SMARTS) is 1. The quantitative estimate of drug-likeness (QED) is 0.726. The van der Waals surface area contributed by atoms with Crippen molar-refractivity contribution >= 4 is 5.97 Å². The summed E-state index contributed by atoms with van der Waals surface area (Å²) in [5, 5.41) is 9.17. The first-order valence-electron chi connectivity index (χ1n) is 4.50. The van der Waals surface area contributed by atoms with Gasteiger partial charge in [-0.3, -0.25) is 0 Å². The molecule has 1 aromatic rings. The average Bonchev–Trinajstić information content (AvgIpc) is 2.72. The van der Waals surface area contributed by atoms with Gasteiger partial charge in [0.05, 0.1) is 0 Å². The highest BCUT2D eigenvalue weighted by Gasteiger charge is 2.70. The van der Waals surface area contributed by atoms with Crippen molar-refractivity contribution in [2.45, 2.75) is 25.0 Å². The highest BCUT2D eigenvalue weighted by molar-refractivity contribution is 5.84. The minimum Gasteiger partial charge on any atom is -0.479 e. The van der Waals surface area contributed by atoms with E-state index in [1.165, 1.54) is 0 Å². The number of epoxide rings is 1. The van der Waals surface area contributed by atoms with Crippen LogP contribution < -0.4 is 0 Å². The van der Waals surface area contributed by atoms with E-state index in [0.29, 0.717) is 5.56 Å². The van der Waals surface area contributed by atoms with Crippen LogP contribution in [0.25, 0.3) is 0 Å². The van der Waals surface area contributed by atoms with Gasteiger partial charge in [0, 0.05) is 0 Å². The maximum Gasteiger partial charge on any atom is 0.343 e. The van der Waals surface area contributed by atoms with Crippen LogP contribution >= 0.6 is 0 Å². The van der Waals surface area contributed by atoms with Crippen LogP contribution in [0.5, 0.6) is 0 Å². The van der Waals surface area contributed by atoms with Crippen LogP contribution in [0.4, 0.5) is 0 Å². The van der Waals surface area contributed by atoms with Crippen molar-refractivity contribution in [1.82, 2.24) is 0 Å². The topological polar surface area (TPSA) is 49.8 Å². The zero-order valence-electron chi connectivity index (χ0n) is 8.15. The lowest BCUT2D eigenvalue weighted by atomic mass is 9.88. The second kappa shape index (κ2) is 2.58. The molecule has 1 atom stereocenters. The highest BCUT2D eigenvalue weighted by atomic mass is 16.6. The molecule has 0 bridgehead atoms. The van der Waals surface area contributed by atoms with Gasteiger partial charge >= 0.3 is 5.97 Å². The molecule has 0 radical (unpaired) electrons. The number of hydrogen-bond acceptors (Lipinski definition) is 2. The SMILES string of the molecule is CC1(C)O[C@@]1(C(=O)O)c1ccccc1. The summed E-state index contributed by atoms with van der Waals surface area (Å²) in [6, 6.07) is 9.05. The fourth-order valence-corrected chi connectivity index (χ4v) is 1.86. The molecule has 0 spiro atoms. The lowest BCUT2D eigenvalue weighted by molar-refractivity contribution is -0.143. The van der Waals surface area contributed by atoms with Crippen LogP contribution in [0.1, 0.15) is 19.4 Å². The van der Waals surface area contributed by atoms with E-state index in [0.717, 1.165) is 0 Å². The van der Waals surface area contributed by atoms with Crippen LogP contribution in [0.15, 0.2) is 30.3 Å². The monoisotopic (exact) mass is 192 g/mol. The first-order valence-corrected chi connectivity index (χ1v) is 4.50. The van der Waals surface area contributed by atoms with E-state index in [9.17, 15) is 4.79 Å². The number of carboxylic acids is 1. The standard InChI is InChI=1S/C11H12O3/c1-10(2)11(14-10,9(12)13)8-6-4-3-5-7-8/h3-7H,1-2H3,(H,12,13)/t11-/m1/s1. The number of benzene rings is 1. The molecule has 1 aliphatic heterocycles.